The third-order valence-electron chi connectivity index (χ3n) is 4.09. The lowest BCUT2D eigenvalue weighted by atomic mass is 9.96. The number of nitrogens with two attached hydrogens (primary N) is 1. The molecular weight excluding hydrogens is 288 g/mol. The zero-order valence-electron chi connectivity index (χ0n) is 14.6. The van der Waals surface area contributed by atoms with E-state index in [2.05, 4.69) is 29.4 Å². The highest BCUT2D eigenvalue weighted by atomic mass is 16.2. The summed E-state index contributed by atoms with van der Waals surface area (Å²) in [5.74, 6) is 0.495. The molecule has 1 fully saturated rings. The zero-order valence-corrected chi connectivity index (χ0v) is 14.6. The van der Waals surface area contributed by atoms with Gasteiger partial charge in [0.15, 0.2) is 0 Å². The lowest BCUT2D eigenvalue weighted by Crippen LogP contribution is -2.50. The standard InChI is InChI=1S/C18H30N4O/c1-14-6-8-16(9-7-14)21-17(23)20-11-15-5-4-10-22(12-15)13-18(2,3)19/h6-9,15H,4-5,10-13,19H2,1-3H3,(H2,20,21,23). The molecule has 4 N–H and O–H groups in total. The summed E-state index contributed by atoms with van der Waals surface area (Å²) in [5, 5.41) is 5.87. The number of aryl methyl sites for hydroxylation is 1. The van der Waals surface area contributed by atoms with E-state index in [4.69, 9.17) is 5.73 Å². The SMILES string of the molecule is Cc1ccc(NC(=O)NCC2CCCN(CC(C)(C)N)C2)cc1. The maximum atomic E-state index is 12.0. The molecule has 1 aliphatic heterocycles. The highest BCUT2D eigenvalue weighted by Crippen LogP contribution is 2.17. The number of urea groups is 1. The molecule has 1 unspecified atom stereocenters. The number of rotatable bonds is 5. The van der Waals surface area contributed by atoms with Crippen LogP contribution in [0.2, 0.25) is 0 Å². The van der Waals surface area contributed by atoms with Gasteiger partial charge in [0, 0.05) is 30.9 Å². The Hall–Kier alpha value is -1.59. The fourth-order valence-corrected chi connectivity index (χ4v) is 3.09. The minimum absolute atomic E-state index is 0.134. The summed E-state index contributed by atoms with van der Waals surface area (Å²) in [4.78, 5) is 14.4. The number of amides is 2. The first-order valence-corrected chi connectivity index (χ1v) is 8.44. The Balaban J connectivity index is 1.74. The summed E-state index contributed by atoms with van der Waals surface area (Å²) in [6.07, 6.45) is 2.33. The summed E-state index contributed by atoms with van der Waals surface area (Å²) >= 11 is 0. The van der Waals surface area contributed by atoms with Gasteiger partial charge in [-0.25, -0.2) is 4.79 Å². The van der Waals surface area contributed by atoms with E-state index in [-0.39, 0.29) is 11.6 Å². The first-order valence-electron chi connectivity index (χ1n) is 8.44. The Kier molecular flexibility index (Phi) is 6.02. The van der Waals surface area contributed by atoms with Crippen LogP contribution in [0.1, 0.15) is 32.3 Å². The second-order valence-electron chi connectivity index (χ2n) is 7.43. The van der Waals surface area contributed by atoms with E-state index in [1.807, 2.05) is 31.2 Å². The van der Waals surface area contributed by atoms with Crippen molar-refractivity contribution < 1.29 is 4.79 Å². The van der Waals surface area contributed by atoms with Crippen molar-refractivity contribution in [2.75, 3.05) is 31.5 Å². The van der Waals surface area contributed by atoms with Gasteiger partial charge in [0.2, 0.25) is 0 Å². The maximum Gasteiger partial charge on any atom is 0.319 e. The van der Waals surface area contributed by atoms with Gasteiger partial charge in [-0.05, 0) is 58.2 Å². The van der Waals surface area contributed by atoms with E-state index >= 15 is 0 Å². The van der Waals surface area contributed by atoms with E-state index in [1.54, 1.807) is 0 Å². The van der Waals surface area contributed by atoms with Gasteiger partial charge in [0.25, 0.3) is 0 Å². The summed E-state index contributed by atoms with van der Waals surface area (Å²) in [6.45, 7) is 9.87. The number of hydrogen-bond donors (Lipinski definition) is 3. The molecule has 128 valence electrons. The van der Waals surface area contributed by atoms with Crippen molar-refractivity contribution in [1.82, 2.24) is 10.2 Å². The number of anilines is 1. The van der Waals surface area contributed by atoms with Crippen LogP contribution in [0.4, 0.5) is 10.5 Å². The van der Waals surface area contributed by atoms with Crippen LogP contribution in [-0.2, 0) is 0 Å². The predicted molar refractivity (Wildman–Crippen MR) is 95.6 cm³/mol. The fourth-order valence-electron chi connectivity index (χ4n) is 3.09. The lowest BCUT2D eigenvalue weighted by Gasteiger charge is -2.36. The summed E-state index contributed by atoms with van der Waals surface area (Å²) < 4.78 is 0. The van der Waals surface area contributed by atoms with Gasteiger partial charge >= 0.3 is 6.03 Å². The van der Waals surface area contributed by atoms with E-state index in [1.165, 1.54) is 12.0 Å². The van der Waals surface area contributed by atoms with Crippen LogP contribution in [0, 0.1) is 12.8 Å². The van der Waals surface area contributed by atoms with Crippen LogP contribution in [0.3, 0.4) is 0 Å². The van der Waals surface area contributed by atoms with Gasteiger partial charge < -0.3 is 21.3 Å². The average Bonchev–Trinajstić information content (AvgIpc) is 2.46. The molecule has 1 aromatic carbocycles. The first-order chi connectivity index (χ1) is 10.8. The summed E-state index contributed by atoms with van der Waals surface area (Å²) in [7, 11) is 0. The van der Waals surface area contributed by atoms with Crippen molar-refractivity contribution in [2.45, 2.75) is 39.2 Å². The molecule has 0 radical (unpaired) electrons. The topological polar surface area (TPSA) is 70.4 Å². The van der Waals surface area contributed by atoms with Crippen molar-refractivity contribution in [1.29, 1.82) is 0 Å². The van der Waals surface area contributed by atoms with E-state index in [0.29, 0.717) is 12.5 Å². The van der Waals surface area contributed by atoms with Gasteiger partial charge in [-0.1, -0.05) is 17.7 Å². The van der Waals surface area contributed by atoms with Gasteiger partial charge in [-0.15, -0.1) is 0 Å². The molecular formula is C18H30N4O. The van der Waals surface area contributed by atoms with Crippen LogP contribution >= 0.6 is 0 Å². The number of carbonyl (C=O) groups is 1. The maximum absolute atomic E-state index is 12.0. The molecule has 2 rings (SSSR count). The number of benzene rings is 1. The average molecular weight is 318 g/mol. The normalized spacial score (nSPS) is 19.4. The Morgan fingerprint density at radius 1 is 1.35 bits per heavy atom. The predicted octanol–water partition coefficient (Wildman–Crippen LogP) is 2.57. The molecule has 23 heavy (non-hydrogen) atoms. The number of nitrogens with one attached hydrogen (secondary N) is 2. The van der Waals surface area contributed by atoms with Crippen LogP contribution in [0.5, 0.6) is 0 Å². The molecule has 1 saturated heterocycles. The molecule has 2 amide bonds. The van der Waals surface area contributed by atoms with E-state index in [0.717, 1.165) is 31.7 Å². The smallest absolute Gasteiger partial charge is 0.319 e. The molecule has 0 spiro atoms. The van der Waals surface area contributed by atoms with Crippen LogP contribution < -0.4 is 16.4 Å². The molecule has 0 aromatic heterocycles. The molecule has 5 heteroatoms. The fraction of sp³-hybridized carbons (Fsp3) is 0.611. The van der Waals surface area contributed by atoms with E-state index in [9.17, 15) is 4.79 Å². The van der Waals surface area contributed by atoms with Crippen LogP contribution in [0.25, 0.3) is 0 Å². The third-order valence-corrected chi connectivity index (χ3v) is 4.09. The monoisotopic (exact) mass is 318 g/mol. The van der Waals surface area contributed by atoms with Gasteiger partial charge in [-0.2, -0.15) is 0 Å². The molecule has 5 nitrogen and oxygen atoms in total. The Labute approximate surface area is 139 Å². The Morgan fingerprint density at radius 2 is 2.04 bits per heavy atom. The quantitative estimate of drug-likeness (QED) is 0.781. The van der Waals surface area contributed by atoms with Gasteiger partial charge in [0.05, 0.1) is 0 Å². The molecule has 1 heterocycles. The second-order valence-corrected chi connectivity index (χ2v) is 7.43. The van der Waals surface area contributed by atoms with Crippen LogP contribution in [-0.4, -0.2) is 42.6 Å². The minimum atomic E-state index is -0.169. The molecule has 1 aromatic rings. The molecule has 1 aliphatic rings. The molecule has 0 bridgehead atoms. The summed E-state index contributed by atoms with van der Waals surface area (Å²) in [5.41, 5.74) is 7.94. The van der Waals surface area contributed by atoms with Crippen molar-refractivity contribution in [3.05, 3.63) is 29.8 Å². The largest absolute Gasteiger partial charge is 0.338 e. The number of nitrogens with zero attached hydrogens (tertiary/aromatic N) is 1. The number of carbonyl (C=O) groups excluding carboxylic acids is 1. The van der Waals surface area contributed by atoms with E-state index < -0.39 is 0 Å². The van der Waals surface area contributed by atoms with Gasteiger partial charge in [0.1, 0.15) is 0 Å². The highest BCUT2D eigenvalue weighted by Gasteiger charge is 2.24. The number of piperidine rings is 1. The Bertz CT molecular complexity index is 507. The lowest BCUT2D eigenvalue weighted by molar-refractivity contribution is 0.148. The number of hydrogen-bond acceptors (Lipinski definition) is 3. The zero-order chi connectivity index (χ0) is 16.9. The van der Waals surface area contributed by atoms with Crippen molar-refractivity contribution in [3.63, 3.8) is 0 Å². The Morgan fingerprint density at radius 3 is 2.70 bits per heavy atom. The highest BCUT2D eigenvalue weighted by molar-refractivity contribution is 5.89. The molecule has 1 atom stereocenters. The minimum Gasteiger partial charge on any atom is -0.338 e. The second kappa shape index (κ2) is 7.79. The van der Waals surface area contributed by atoms with Crippen molar-refractivity contribution in [2.24, 2.45) is 11.7 Å². The summed E-state index contributed by atoms with van der Waals surface area (Å²) in [6, 6.07) is 7.68. The third kappa shape index (κ3) is 6.59. The van der Waals surface area contributed by atoms with Crippen molar-refractivity contribution >= 4 is 11.7 Å². The molecule has 0 saturated carbocycles. The molecule has 0 aliphatic carbocycles. The first kappa shape index (κ1) is 17.8. The number of likely N-dealkylation sites (tertiary alicyclic amines) is 1. The van der Waals surface area contributed by atoms with Crippen molar-refractivity contribution in [3.8, 4) is 0 Å². The van der Waals surface area contributed by atoms with Crippen LogP contribution in [0.15, 0.2) is 24.3 Å². The van der Waals surface area contributed by atoms with Gasteiger partial charge in [-0.3, -0.25) is 0 Å².